The van der Waals surface area contributed by atoms with Gasteiger partial charge >= 0.3 is 5.54 Å². The minimum atomic E-state index is -2.08. The van der Waals surface area contributed by atoms with Crippen LogP contribution in [0.1, 0.15) is 23.7 Å². The summed E-state index contributed by atoms with van der Waals surface area (Å²) in [6, 6.07) is 3.96. The average molecular weight is 392 g/mol. The molecule has 0 saturated carbocycles. The molecule has 27 heavy (non-hydrogen) atoms. The highest BCUT2D eigenvalue weighted by Crippen LogP contribution is 2.37. The number of hydrogen-bond acceptors (Lipinski definition) is 6. The Hall–Kier alpha value is -2.84. The number of ketones is 1. The maximum absolute atomic E-state index is 14.3. The molecule has 1 aliphatic rings. The first-order valence-corrected chi connectivity index (χ1v) is 8.35. The van der Waals surface area contributed by atoms with Crippen molar-refractivity contribution in [3.8, 4) is 11.3 Å². The van der Waals surface area contributed by atoms with Crippen molar-refractivity contribution in [1.29, 1.82) is 0 Å². The summed E-state index contributed by atoms with van der Waals surface area (Å²) in [5.74, 6) is -1.60. The van der Waals surface area contributed by atoms with Crippen LogP contribution in [0.5, 0.6) is 0 Å². The van der Waals surface area contributed by atoms with Crippen LogP contribution in [0.25, 0.3) is 11.3 Å². The highest BCUT2D eigenvalue weighted by molar-refractivity contribution is 6.33. The van der Waals surface area contributed by atoms with E-state index in [0.717, 1.165) is 12.3 Å². The second-order valence-corrected chi connectivity index (χ2v) is 6.66. The normalized spacial score (nSPS) is 19.4. The van der Waals surface area contributed by atoms with Crippen LogP contribution in [-0.4, -0.2) is 27.9 Å². The maximum atomic E-state index is 14.3. The minimum Gasteiger partial charge on any atom is -0.363 e. The number of hydrogen-bond donors (Lipinski definition) is 1. The molecule has 0 radical (unpaired) electrons. The van der Waals surface area contributed by atoms with Gasteiger partial charge in [0.25, 0.3) is 0 Å². The molecule has 0 amide bonds. The number of carbonyl (C=O) groups excluding carboxylic acids is 1. The zero-order valence-electron chi connectivity index (χ0n) is 14.2. The van der Waals surface area contributed by atoms with Gasteiger partial charge in [-0.2, -0.15) is 0 Å². The first kappa shape index (κ1) is 18.9. The van der Waals surface area contributed by atoms with Crippen molar-refractivity contribution in [1.82, 2.24) is 5.16 Å². The third kappa shape index (κ3) is 3.17. The maximum Gasteiger partial charge on any atom is 0.306 e. The second-order valence-electron chi connectivity index (χ2n) is 6.26. The Balaban J connectivity index is 2.16. The number of nitrogens with zero attached hydrogens (tertiary/aromatic N) is 2. The third-order valence-electron chi connectivity index (χ3n) is 4.39. The molecule has 1 aromatic carbocycles. The molecular weight excluding hydrogens is 377 g/mol. The number of carbonyl (C=O) groups is 1. The fourth-order valence-corrected chi connectivity index (χ4v) is 3.45. The fraction of sp³-hybridized carbons (Fsp3) is 0.222. The van der Waals surface area contributed by atoms with Crippen molar-refractivity contribution < 1.29 is 18.6 Å². The summed E-state index contributed by atoms with van der Waals surface area (Å²) in [7, 11) is 0. The molecule has 2 N–H and O–H groups in total. The molecule has 140 valence electrons. The molecule has 1 atom stereocenters. The van der Waals surface area contributed by atoms with Gasteiger partial charge in [-0.1, -0.05) is 28.9 Å². The van der Waals surface area contributed by atoms with Crippen LogP contribution in [0.3, 0.4) is 0 Å². The first-order valence-electron chi connectivity index (χ1n) is 7.97. The van der Waals surface area contributed by atoms with Crippen molar-refractivity contribution in [3.05, 3.63) is 74.3 Å². The zero-order valence-corrected chi connectivity index (χ0v) is 15.0. The minimum absolute atomic E-state index is 0.00557. The van der Waals surface area contributed by atoms with Gasteiger partial charge in [-0.25, -0.2) is 4.39 Å². The number of halogens is 2. The molecule has 3 rings (SSSR count). The Morgan fingerprint density at radius 2 is 2.26 bits per heavy atom. The molecule has 7 nitrogen and oxygen atoms in total. The van der Waals surface area contributed by atoms with Crippen LogP contribution in [-0.2, 0) is 0 Å². The van der Waals surface area contributed by atoms with E-state index in [2.05, 4.69) is 5.16 Å². The monoisotopic (exact) mass is 391 g/mol. The van der Waals surface area contributed by atoms with Crippen LogP contribution in [0, 0.1) is 15.9 Å². The van der Waals surface area contributed by atoms with E-state index in [9.17, 15) is 19.3 Å². The van der Waals surface area contributed by atoms with Gasteiger partial charge in [0.2, 0.25) is 5.78 Å². The first-order chi connectivity index (χ1) is 12.8. The molecule has 9 heteroatoms. The van der Waals surface area contributed by atoms with Gasteiger partial charge in [-0.3, -0.25) is 14.9 Å². The molecule has 1 aromatic heterocycles. The lowest BCUT2D eigenvalue weighted by Gasteiger charge is -2.25. The lowest BCUT2D eigenvalue weighted by atomic mass is 9.78. The number of rotatable bonds is 5. The van der Waals surface area contributed by atoms with Gasteiger partial charge in [-0.05, 0) is 30.2 Å². The number of benzene rings is 1. The van der Waals surface area contributed by atoms with Gasteiger partial charge in [-0.15, -0.1) is 0 Å². The van der Waals surface area contributed by atoms with E-state index in [1.165, 1.54) is 18.2 Å². The van der Waals surface area contributed by atoms with Crippen molar-refractivity contribution in [2.45, 2.75) is 18.9 Å². The fourth-order valence-electron chi connectivity index (χ4n) is 3.20. The van der Waals surface area contributed by atoms with Gasteiger partial charge in [0.1, 0.15) is 17.8 Å². The van der Waals surface area contributed by atoms with Gasteiger partial charge in [0.15, 0.2) is 0 Å². The largest absolute Gasteiger partial charge is 0.363 e. The van der Waals surface area contributed by atoms with Crippen LogP contribution in [0.2, 0.25) is 5.02 Å². The molecule has 1 heterocycles. The van der Waals surface area contributed by atoms with Crippen molar-refractivity contribution in [3.63, 3.8) is 0 Å². The van der Waals surface area contributed by atoms with E-state index in [-0.39, 0.29) is 34.8 Å². The molecule has 1 aliphatic carbocycles. The van der Waals surface area contributed by atoms with E-state index in [1.54, 1.807) is 13.0 Å². The molecule has 0 spiro atoms. The molecule has 0 bridgehead atoms. The average Bonchev–Trinajstić information content (AvgIpc) is 3.09. The number of aromatic nitrogens is 1. The van der Waals surface area contributed by atoms with Gasteiger partial charge < -0.3 is 10.3 Å². The SMILES string of the molecule is CC1=CC(C(=O)c2conc2-c2c(F)cccc2Cl)([N+](=O)[O-])CC(CN)=C1. The van der Waals surface area contributed by atoms with E-state index < -0.39 is 22.1 Å². The van der Waals surface area contributed by atoms with Gasteiger partial charge in [0.05, 0.1) is 22.6 Å². The van der Waals surface area contributed by atoms with Crippen molar-refractivity contribution >= 4 is 17.4 Å². The standard InChI is InChI=1S/C18H15ClFN3O4/c1-10-5-11(8-21)7-18(6-10,23(25)26)17(24)12-9-27-22-16(12)15-13(19)3-2-4-14(15)20/h2-6,9H,7-8,21H2,1H3. The smallest absolute Gasteiger partial charge is 0.306 e. The highest BCUT2D eigenvalue weighted by atomic mass is 35.5. The summed E-state index contributed by atoms with van der Waals surface area (Å²) >= 11 is 6.05. The quantitative estimate of drug-likeness (QED) is 0.473. The molecule has 2 aromatic rings. The molecule has 1 unspecified atom stereocenters. The van der Waals surface area contributed by atoms with Gasteiger partial charge in [0, 0.05) is 17.5 Å². The number of allylic oxidation sites excluding steroid dienone is 2. The van der Waals surface area contributed by atoms with Crippen LogP contribution in [0.15, 0.2) is 52.3 Å². The summed E-state index contributed by atoms with van der Waals surface area (Å²) in [6.07, 6.45) is 3.75. The second kappa shape index (κ2) is 7.05. The molecular formula is C18H15ClFN3O4. The van der Waals surface area contributed by atoms with E-state index in [0.29, 0.717) is 11.1 Å². The summed E-state index contributed by atoms with van der Waals surface area (Å²) < 4.78 is 19.1. The molecule has 0 aliphatic heterocycles. The summed E-state index contributed by atoms with van der Waals surface area (Å²) in [4.78, 5) is 24.5. The summed E-state index contributed by atoms with van der Waals surface area (Å²) in [5.41, 5.74) is 4.10. The highest BCUT2D eigenvalue weighted by Gasteiger charge is 2.52. The topological polar surface area (TPSA) is 112 Å². The summed E-state index contributed by atoms with van der Waals surface area (Å²) in [6.45, 7) is 1.71. The van der Waals surface area contributed by atoms with Crippen LogP contribution >= 0.6 is 11.6 Å². The number of nitro groups is 1. The Morgan fingerprint density at radius 1 is 1.52 bits per heavy atom. The van der Waals surface area contributed by atoms with Crippen molar-refractivity contribution in [2.75, 3.05) is 6.54 Å². The van der Waals surface area contributed by atoms with E-state index >= 15 is 0 Å². The predicted octanol–water partition coefficient (Wildman–Crippen LogP) is 3.57. The van der Waals surface area contributed by atoms with E-state index in [1.807, 2.05) is 0 Å². The Morgan fingerprint density at radius 3 is 2.89 bits per heavy atom. The Bertz CT molecular complexity index is 978. The summed E-state index contributed by atoms with van der Waals surface area (Å²) in [5, 5.41) is 15.6. The lowest BCUT2D eigenvalue weighted by molar-refractivity contribution is -0.535. The number of Topliss-reactive ketones (excluding diaryl/α,β-unsaturated/α-hetero) is 1. The number of nitrogens with two attached hydrogens (primary N) is 1. The van der Waals surface area contributed by atoms with Crippen LogP contribution < -0.4 is 5.73 Å². The van der Waals surface area contributed by atoms with E-state index in [4.69, 9.17) is 21.9 Å². The lowest BCUT2D eigenvalue weighted by Crippen LogP contribution is -2.47. The predicted molar refractivity (Wildman–Crippen MR) is 96.5 cm³/mol. The van der Waals surface area contributed by atoms with Crippen molar-refractivity contribution in [2.24, 2.45) is 5.73 Å². The Labute approximate surface area is 158 Å². The third-order valence-corrected chi connectivity index (χ3v) is 4.70. The van der Waals surface area contributed by atoms with Crippen LogP contribution in [0.4, 0.5) is 4.39 Å². The Kier molecular flexibility index (Phi) is 4.95. The molecule has 0 fully saturated rings. The molecule has 0 saturated heterocycles. The zero-order chi connectivity index (χ0) is 19.8.